The van der Waals surface area contributed by atoms with E-state index in [1.165, 1.54) is 0 Å². The van der Waals surface area contributed by atoms with Gasteiger partial charge in [0.2, 0.25) is 0 Å². The maximum Gasteiger partial charge on any atom is 0.417 e. The van der Waals surface area contributed by atoms with Gasteiger partial charge in [-0.15, -0.1) is 0 Å². The summed E-state index contributed by atoms with van der Waals surface area (Å²) in [4.78, 5) is 23.6. The molecule has 1 aliphatic rings. The molecule has 1 aliphatic heterocycles. The van der Waals surface area contributed by atoms with Crippen molar-refractivity contribution in [3.05, 3.63) is 66.4 Å². The highest BCUT2D eigenvalue weighted by molar-refractivity contribution is 7.91. The molecule has 0 radical (unpaired) electrons. The number of amides is 1. The SMILES string of the molecule is CC(C)S(=O)(=O)Cc1cc(N2CCOC[C@@H]2C)nc(-c2ccc(NC(=O)Oc3ccccc3)cc2)n1. The van der Waals surface area contributed by atoms with Crippen molar-refractivity contribution in [1.29, 1.82) is 0 Å². The normalized spacial score (nSPS) is 16.1. The second-order valence-corrected chi connectivity index (χ2v) is 11.5. The monoisotopic (exact) mass is 510 g/mol. The summed E-state index contributed by atoms with van der Waals surface area (Å²) in [6, 6.07) is 17.6. The quantitative estimate of drug-likeness (QED) is 0.501. The third-order valence-corrected chi connectivity index (χ3v) is 7.97. The van der Waals surface area contributed by atoms with Gasteiger partial charge in [0.25, 0.3) is 0 Å². The van der Waals surface area contributed by atoms with Crippen LogP contribution in [0.1, 0.15) is 26.5 Å². The van der Waals surface area contributed by atoms with Gasteiger partial charge >= 0.3 is 6.09 Å². The summed E-state index contributed by atoms with van der Waals surface area (Å²) in [6.07, 6.45) is -0.602. The van der Waals surface area contributed by atoms with Crippen LogP contribution < -0.4 is 15.0 Å². The van der Waals surface area contributed by atoms with E-state index >= 15 is 0 Å². The van der Waals surface area contributed by atoms with Gasteiger partial charge in [-0.1, -0.05) is 18.2 Å². The first-order chi connectivity index (χ1) is 17.2. The Morgan fingerprint density at radius 3 is 2.53 bits per heavy atom. The van der Waals surface area contributed by atoms with Crippen molar-refractivity contribution in [1.82, 2.24) is 9.97 Å². The topological polar surface area (TPSA) is 111 Å². The number of carbonyl (C=O) groups excluding carboxylic acids is 1. The van der Waals surface area contributed by atoms with Crippen LogP contribution in [-0.4, -0.2) is 55.5 Å². The molecule has 1 aromatic heterocycles. The third kappa shape index (κ3) is 6.38. The van der Waals surface area contributed by atoms with E-state index in [-0.39, 0.29) is 11.8 Å². The van der Waals surface area contributed by atoms with Crippen molar-refractivity contribution in [3.63, 3.8) is 0 Å². The summed E-state index contributed by atoms with van der Waals surface area (Å²) in [5.74, 6) is 1.35. The lowest BCUT2D eigenvalue weighted by Gasteiger charge is -2.34. The molecule has 0 bridgehead atoms. The number of ether oxygens (including phenoxy) is 2. The van der Waals surface area contributed by atoms with Gasteiger partial charge in [-0.25, -0.2) is 23.2 Å². The van der Waals surface area contributed by atoms with Gasteiger partial charge in [0, 0.05) is 23.9 Å². The molecule has 9 nitrogen and oxygen atoms in total. The molecule has 10 heteroatoms. The molecule has 190 valence electrons. The summed E-state index contributed by atoms with van der Waals surface area (Å²) in [5, 5.41) is 2.18. The van der Waals surface area contributed by atoms with Crippen molar-refractivity contribution in [2.75, 3.05) is 30.0 Å². The zero-order chi connectivity index (χ0) is 25.7. The van der Waals surface area contributed by atoms with Crippen molar-refractivity contribution in [2.24, 2.45) is 0 Å². The number of sulfone groups is 1. The molecular weight excluding hydrogens is 480 g/mol. The first-order valence-corrected chi connectivity index (χ1v) is 13.5. The number of aromatic nitrogens is 2. The molecule has 1 atom stereocenters. The van der Waals surface area contributed by atoms with E-state index in [2.05, 4.69) is 15.2 Å². The van der Waals surface area contributed by atoms with Crippen LogP contribution in [-0.2, 0) is 20.3 Å². The van der Waals surface area contributed by atoms with Crippen LogP contribution in [0.3, 0.4) is 0 Å². The highest BCUT2D eigenvalue weighted by Gasteiger charge is 2.24. The van der Waals surface area contributed by atoms with Crippen molar-refractivity contribution >= 4 is 27.4 Å². The van der Waals surface area contributed by atoms with Gasteiger partial charge < -0.3 is 14.4 Å². The van der Waals surface area contributed by atoms with E-state index in [0.717, 1.165) is 0 Å². The predicted octanol–water partition coefficient (Wildman–Crippen LogP) is 4.30. The molecule has 36 heavy (non-hydrogen) atoms. The third-order valence-electron chi connectivity index (χ3n) is 5.84. The number of nitrogens with zero attached hydrogens (tertiary/aromatic N) is 3. The lowest BCUT2D eigenvalue weighted by molar-refractivity contribution is 0.0985. The highest BCUT2D eigenvalue weighted by atomic mass is 32.2. The second-order valence-electron chi connectivity index (χ2n) is 8.92. The molecule has 0 saturated carbocycles. The molecule has 1 fully saturated rings. The van der Waals surface area contributed by atoms with E-state index in [4.69, 9.17) is 14.5 Å². The molecule has 4 rings (SSSR count). The number of carbonyl (C=O) groups is 1. The largest absolute Gasteiger partial charge is 0.417 e. The number of benzene rings is 2. The Balaban J connectivity index is 1.58. The lowest BCUT2D eigenvalue weighted by Crippen LogP contribution is -2.44. The minimum absolute atomic E-state index is 0.0956. The number of hydrogen-bond acceptors (Lipinski definition) is 8. The second kappa shape index (κ2) is 11.0. The Kier molecular flexibility index (Phi) is 7.85. The fourth-order valence-corrected chi connectivity index (χ4v) is 4.61. The Morgan fingerprint density at radius 2 is 1.86 bits per heavy atom. The summed E-state index contributed by atoms with van der Waals surface area (Å²) in [7, 11) is -3.35. The maximum absolute atomic E-state index is 12.6. The molecule has 1 amide bonds. The fourth-order valence-electron chi connectivity index (χ4n) is 3.72. The lowest BCUT2D eigenvalue weighted by atomic mass is 10.2. The van der Waals surface area contributed by atoms with Gasteiger partial charge in [0.05, 0.1) is 36.0 Å². The van der Waals surface area contributed by atoms with Gasteiger partial charge in [-0.05, 0) is 57.2 Å². The van der Waals surface area contributed by atoms with E-state index in [1.54, 1.807) is 68.4 Å². The molecule has 2 aromatic carbocycles. The Bertz CT molecular complexity index is 1300. The molecule has 1 N–H and O–H groups in total. The van der Waals surface area contributed by atoms with Crippen LogP contribution in [0.5, 0.6) is 5.75 Å². The molecule has 2 heterocycles. The van der Waals surface area contributed by atoms with Crippen molar-refractivity contribution in [2.45, 2.75) is 37.8 Å². The molecular formula is C26H30N4O5S. The predicted molar refractivity (Wildman–Crippen MR) is 139 cm³/mol. The number of rotatable bonds is 7. The fraction of sp³-hybridized carbons (Fsp3) is 0.346. The number of hydrogen-bond donors (Lipinski definition) is 1. The van der Waals surface area contributed by atoms with Crippen molar-refractivity contribution < 1.29 is 22.7 Å². The number of anilines is 2. The molecule has 0 unspecified atom stereocenters. The van der Waals surface area contributed by atoms with E-state index < -0.39 is 21.2 Å². The Hall–Kier alpha value is -3.50. The van der Waals surface area contributed by atoms with E-state index in [1.807, 2.05) is 13.0 Å². The van der Waals surface area contributed by atoms with Gasteiger partial charge in [-0.3, -0.25) is 5.32 Å². The minimum atomic E-state index is -3.35. The van der Waals surface area contributed by atoms with E-state index in [0.29, 0.717) is 54.1 Å². The smallest absolute Gasteiger partial charge is 0.410 e. The summed E-state index contributed by atoms with van der Waals surface area (Å²) in [6.45, 7) is 7.16. The van der Waals surface area contributed by atoms with E-state index in [9.17, 15) is 13.2 Å². The first-order valence-electron chi connectivity index (χ1n) is 11.8. The molecule has 0 aliphatic carbocycles. The Labute approximate surface area is 211 Å². The summed E-state index contributed by atoms with van der Waals surface area (Å²) >= 11 is 0. The molecule has 3 aromatic rings. The number of morpholine rings is 1. The van der Waals surface area contributed by atoms with Crippen LogP contribution in [0.25, 0.3) is 11.4 Å². The number of nitrogens with one attached hydrogen (secondary N) is 1. The average Bonchev–Trinajstić information content (AvgIpc) is 2.85. The standard InChI is InChI=1S/C26H30N4O5S/c1-18(2)36(32,33)17-22-15-24(30-13-14-34-16-19(30)3)29-25(27-22)20-9-11-21(12-10-20)28-26(31)35-23-7-5-4-6-8-23/h4-12,15,18-19H,13-14,16-17H2,1-3H3,(H,28,31)/t19-/m0/s1. The summed E-state index contributed by atoms with van der Waals surface area (Å²) in [5.41, 5.74) is 1.68. The minimum Gasteiger partial charge on any atom is -0.410 e. The highest BCUT2D eigenvalue weighted by Crippen LogP contribution is 2.25. The van der Waals surface area contributed by atoms with Gasteiger partial charge in [-0.2, -0.15) is 0 Å². The van der Waals surface area contributed by atoms with Crippen molar-refractivity contribution in [3.8, 4) is 17.1 Å². The zero-order valence-electron chi connectivity index (χ0n) is 20.5. The maximum atomic E-state index is 12.6. The first kappa shape index (κ1) is 25.6. The van der Waals surface area contributed by atoms with Crippen LogP contribution in [0.2, 0.25) is 0 Å². The Morgan fingerprint density at radius 1 is 1.14 bits per heavy atom. The molecule has 0 spiro atoms. The van der Waals surface area contributed by atoms with Crippen LogP contribution in [0, 0.1) is 0 Å². The van der Waals surface area contributed by atoms with Gasteiger partial charge in [0.1, 0.15) is 11.6 Å². The zero-order valence-corrected chi connectivity index (χ0v) is 21.4. The summed E-state index contributed by atoms with van der Waals surface area (Å²) < 4.78 is 36.1. The van der Waals surface area contributed by atoms with Crippen LogP contribution >= 0.6 is 0 Å². The van der Waals surface area contributed by atoms with Gasteiger partial charge in [0.15, 0.2) is 15.7 Å². The van der Waals surface area contributed by atoms with Crippen LogP contribution in [0.15, 0.2) is 60.7 Å². The average molecular weight is 511 g/mol. The molecule has 1 saturated heterocycles. The number of para-hydroxylation sites is 1. The van der Waals surface area contributed by atoms with Crippen LogP contribution in [0.4, 0.5) is 16.3 Å².